The molecule has 0 bridgehead atoms. The summed E-state index contributed by atoms with van der Waals surface area (Å²) in [5.74, 6) is -0.782. The number of nitrogens with zero attached hydrogens (tertiary/aromatic N) is 1. The average Bonchev–Trinajstić information content (AvgIpc) is 3.00. The quantitative estimate of drug-likeness (QED) is 0.414. The van der Waals surface area contributed by atoms with Crippen LogP contribution in [0, 0.1) is 10.1 Å². The monoisotopic (exact) mass is 304 g/mol. The third-order valence-corrected chi connectivity index (χ3v) is 3.38. The molecule has 0 aromatic carbocycles. The molecule has 2 N–H and O–H groups in total. The Labute approximate surface area is 119 Å². The van der Waals surface area contributed by atoms with Crippen LogP contribution in [0.15, 0.2) is 0 Å². The molecule has 0 aromatic heterocycles. The minimum atomic E-state index is -0.897. The molecular formula is C11H16N2O8. The second kappa shape index (κ2) is 6.78. The molecular weight excluding hydrogens is 288 g/mol. The smallest absolute Gasteiger partial charge is 0.294 e. The molecule has 0 saturated carbocycles. The van der Waals surface area contributed by atoms with Crippen molar-refractivity contribution in [3.05, 3.63) is 10.1 Å². The lowest BCUT2D eigenvalue weighted by Crippen LogP contribution is -2.44. The first kappa shape index (κ1) is 15.6. The summed E-state index contributed by atoms with van der Waals surface area (Å²) >= 11 is 0. The predicted octanol–water partition coefficient (Wildman–Crippen LogP) is -1.81. The van der Waals surface area contributed by atoms with Gasteiger partial charge in [0.05, 0.1) is 19.3 Å². The Morgan fingerprint density at radius 1 is 1.29 bits per heavy atom. The molecule has 2 rings (SSSR count). The third kappa shape index (κ3) is 3.86. The Kier molecular flexibility index (Phi) is 5.04. The molecule has 2 saturated heterocycles. The molecule has 4 atom stereocenters. The molecule has 10 nitrogen and oxygen atoms in total. The first-order chi connectivity index (χ1) is 10.0. The maximum atomic E-state index is 11.7. The fourth-order valence-corrected chi connectivity index (χ4v) is 2.40. The van der Waals surface area contributed by atoms with E-state index in [9.17, 15) is 19.7 Å². The van der Waals surface area contributed by atoms with E-state index in [2.05, 4.69) is 10.2 Å². The van der Waals surface area contributed by atoms with Crippen LogP contribution in [0.3, 0.4) is 0 Å². The first-order valence-electron chi connectivity index (χ1n) is 6.47. The molecule has 0 aromatic rings. The molecule has 2 heterocycles. The van der Waals surface area contributed by atoms with E-state index >= 15 is 0 Å². The zero-order valence-electron chi connectivity index (χ0n) is 11.1. The number of aliphatic hydroxyl groups is 1. The van der Waals surface area contributed by atoms with Gasteiger partial charge >= 0.3 is 0 Å². The molecule has 21 heavy (non-hydrogen) atoms. The van der Waals surface area contributed by atoms with Gasteiger partial charge < -0.3 is 24.7 Å². The van der Waals surface area contributed by atoms with Crippen LogP contribution in [0.2, 0.25) is 0 Å². The van der Waals surface area contributed by atoms with Crippen molar-refractivity contribution in [3.8, 4) is 0 Å². The van der Waals surface area contributed by atoms with Crippen molar-refractivity contribution in [1.82, 2.24) is 5.32 Å². The molecule has 118 valence electrons. The summed E-state index contributed by atoms with van der Waals surface area (Å²) in [6, 6.07) is -0.438. The van der Waals surface area contributed by atoms with E-state index in [4.69, 9.17) is 14.6 Å². The number of hydrogen-bond donors (Lipinski definition) is 2. The Balaban J connectivity index is 1.80. The van der Waals surface area contributed by atoms with Crippen LogP contribution in [0.25, 0.3) is 0 Å². The first-order valence-corrected chi connectivity index (χ1v) is 6.47. The van der Waals surface area contributed by atoms with Gasteiger partial charge in [-0.25, -0.2) is 0 Å². The minimum absolute atomic E-state index is 0.0195. The van der Waals surface area contributed by atoms with E-state index in [1.54, 1.807) is 0 Å². The lowest BCUT2D eigenvalue weighted by Gasteiger charge is -2.17. The fraction of sp³-hybridized carbons (Fsp3) is 0.818. The Bertz CT molecular complexity index is 428. The summed E-state index contributed by atoms with van der Waals surface area (Å²) in [5.41, 5.74) is 0. The number of rotatable bonds is 7. The van der Waals surface area contributed by atoms with Crippen molar-refractivity contribution in [2.24, 2.45) is 0 Å². The highest BCUT2D eigenvalue weighted by molar-refractivity contribution is 5.85. The van der Waals surface area contributed by atoms with E-state index < -0.39 is 41.8 Å². The van der Waals surface area contributed by atoms with Gasteiger partial charge in [-0.15, -0.1) is 10.1 Å². The maximum Gasteiger partial charge on any atom is 0.294 e. The molecule has 10 heteroatoms. The third-order valence-electron chi connectivity index (χ3n) is 3.38. The van der Waals surface area contributed by atoms with Crippen molar-refractivity contribution in [2.45, 2.75) is 37.2 Å². The highest BCUT2D eigenvalue weighted by atomic mass is 17.0. The van der Waals surface area contributed by atoms with Crippen LogP contribution in [0.1, 0.15) is 12.8 Å². The van der Waals surface area contributed by atoms with Crippen LogP contribution in [-0.2, 0) is 23.9 Å². The Hall–Kier alpha value is -1.78. The average molecular weight is 304 g/mol. The Morgan fingerprint density at radius 3 is 2.67 bits per heavy atom. The maximum absolute atomic E-state index is 11.7. The van der Waals surface area contributed by atoms with Gasteiger partial charge in [0.15, 0.2) is 11.9 Å². The number of amides is 1. The van der Waals surface area contributed by atoms with E-state index in [-0.39, 0.29) is 32.0 Å². The number of carbonyl (C=O) groups excluding carboxylic acids is 2. The topological polar surface area (TPSA) is 137 Å². The Morgan fingerprint density at radius 2 is 2.00 bits per heavy atom. The zero-order chi connectivity index (χ0) is 15.4. The number of ether oxygens (including phenoxy) is 2. The van der Waals surface area contributed by atoms with Gasteiger partial charge in [0, 0.05) is 12.8 Å². The van der Waals surface area contributed by atoms with Crippen molar-refractivity contribution < 1.29 is 34.1 Å². The fourth-order valence-electron chi connectivity index (χ4n) is 2.40. The SMILES string of the molecule is O=C(CO)CCC(=O)N[C@@H]1CO[C@H]2[C@@H]1OC[C@@H]2O[N+](=O)[O-]. The zero-order valence-corrected chi connectivity index (χ0v) is 11.1. The van der Waals surface area contributed by atoms with Gasteiger partial charge in [-0.2, -0.15) is 0 Å². The predicted molar refractivity (Wildman–Crippen MR) is 64.6 cm³/mol. The molecule has 1 amide bonds. The molecule has 0 unspecified atom stereocenters. The molecule has 0 aliphatic carbocycles. The second-order valence-electron chi connectivity index (χ2n) is 4.83. The number of nitrogens with one attached hydrogen (secondary N) is 1. The summed E-state index contributed by atoms with van der Waals surface area (Å²) in [7, 11) is 0. The van der Waals surface area contributed by atoms with E-state index in [0.717, 1.165) is 0 Å². The number of fused-ring (bicyclic) bond motifs is 1. The van der Waals surface area contributed by atoms with E-state index in [1.165, 1.54) is 0 Å². The number of ketones is 1. The number of carbonyl (C=O) groups is 2. The van der Waals surface area contributed by atoms with Crippen LogP contribution in [0.4, 0.5) is 0 Å². The van der Waals surface area contributed by atoms with Crippen LogP contribution < -0.4 is 5.32 Å². The van der Waals surface area contributed by atoms with E-state index in [0.29, 0.717) is 0 Å². The van der Waals surface area contributed by atoms with Gasteiger partial charge in [0.1, 0.15) is 18.8 Å². The summed E-state index contributed by atoms with van der Waals surface area (Å²) in [4.78, 5) is 37.4. The van der Waals surface area contributed by atoms with Crippen LogP contribution >= 0.6 is 0 Å². The van der Waals surface area contributed by atoms with Crippen molar-refractivity contribution in [1.29, 1.82) is 0 Å². The summed E-state index contributed by atoms with van der Waals surface area (Å²) in [5, 5.41) is 20.7. The van der Waals surface area contributed by atoms with Gasteiger partial charge in [0.2, 0.25) is 5.91 Å². The van der Waals surface area contributed by atoms with Gasteiger partial charge in [0.25, 0.3) is 5.09 Å². The lowest BCUT2D eigenvalue weighted by atomic mass is 10.1. The second-order valence-corrected chi connectivity index (χ2v) is 4.83. The number of Topliss-reactive ketones (excluding diaryl/α,β-unsaturated/α-hetero) is 1. The van der Waals surface area contributed by atoms with Gasteiger partial charge in [-0.05, 0) is 0 Å². The minimum Gasteiger partial charge on any atom is -0.389 e. The number of hydrogen-bond acceptors (Lipinski definition) is 8. The largest absolute Gasteiger partial charge is 0.389 e. The van der Waals surface area contributed by atoms with Crippen molar-refractivity contribution in [3.63, 3.8) is 0 Å². The van der Waals surface area contributed by atoms with Crippen LogP contribution in [-0.4, -0.2) is 66.1 Å². The van der Waals surface area contributed by atoms with Gasteiger partial charge in [-0.3, -0.25) is 9.59 Å². The molecule has 0 radical (unpaired) electrons. The normalized spacial score (nSPS) is 30.7. The number of aliphatic hydroxyl groups excluding tert-OH is 1. The lowest BCUT2D eigenvalue weighted by molar-refractivity contribution is -0.769. The van der Waals surface area contributed by atoms with Gasteiger partial charge in [-0.1, -0.05) is 0 Å². The van der Waals surface area contributed by atoms with Crippen molar-refractivity contribution >= 4 is 11.7 Å². The van der Waals surface area contributed by atoms with Crippen molar-refractivity contribution in [2.75, 3.05) is 19.8 Å². The van der Waals surface area contributed by atoms with Crippen LogP contribution in [0.5, 0.6) is 0 Å². The highest BCUT2D eigenvalue weighted by Gasteiger charge is 2.49. The summed E-state index contributed by atoms with van der Waals surface area (Å²) < 4.78 is 10.7. The standard InChI is InChI=1S/C11H16N2O8/c14-3-6(15)1-2-9(16)12-7-4-19-11-8(21-13(17)18)5-20-10(7)11/h7-8,10-11,14H,1-5H2,(H,12,16)/t7-,8+,10-,11-/m1/s1. The summed E-state index contributed by atoms with van der Waals surface area (Å²) in [6.07, 6.45) is -1.99. The van der Waals surface area contributed by atoms with E-state index in [1.807, 2.05) is 0 Å². The molecule has 2 aliphatic heterocycles. The summed E-state index contributed by atoms with van der Waals surface area (Å²) in [6.45, 7) is -0.411. The molecule has 0 spiro atoms. The highest BCUT2D eigenvalue weighted by Crippen LogP contribution is 2.28. The molecule has 2 fully saturated rings. The molecule has 2 aliphatic rings.